The second kappa shape index (κ2) is 3.78. The van der Waals surface area contributed by atoms with Crippen molar-refractivity contribution in [2.45, 2.75) is 25.7 Å². The quantitative estimate of drug-likeness (QED) is 0.695. The molecule has 1 aromatic rings. The average molecular weight is 192 g/mol. The Balaban J connectivity index is 2.32. The maximum absolute atomic E-state index is 12.8. The van der Waals surface area contributed by atoms with E-state index in [0.717, 1.165) is 18.4 Å². The summed E-state index contributed by atoms with van der Waals surface area (Å²) >= 11 is 0. The van der Waals surface area contributed by atoms with Gasteiger partial charge in [0, 0.05) is 6.20 Å². The maximum Gasteiger partial charge on any atom is 0.236 e. The van der Waals surface area contributed by atoms with Crippen molar-refractivity contribution in [1.29, 1.82) is 0 Å². The molecule has 0 spiro atoms. The van der Waals surface area contributed by atoms with E-state index in [2.05, 4.69) is 11.1 Å². The molecular weight excluding hydrogens is 179 g/mol. The van der Waals surface area contributed by atoms with Crippen LogP contribution in [-0.4, -0.2) is 4.98 Å². The molecule has 0 aliphatic heterocycles. The molecule has 0 bridgehead atoms. The molecule has 1 aliphatic carbocycles. The summed E-state index contributed by atoms with van der Waals surface area (Å²) < 4.78 is 12.8. The minimum absolute atomic E-state index is 0.133. The molecule has 74 valence electrons. The molecule has 0 saturated carbocycles. The lowest BCUT2D eigenvalue weighted by Gasteiger charge is -2.12. The monoisotopic (exact) mass is 192 g/mol. The summed E-state index contributed by atoms with van der Waals surface area (Å²) in [4.78, 5) is 3.62. The van der Waals surface area contributed by atoms with E-state index in [1.165, 1.54) is 18.4 Å². The summed E-state index contributed by atoms with van der Waals surface area (Å²) in [7, 11) is 0. The van der Waals surface area contributed by atoms with Crippen LogP contribution in [0.5, 0.6) is 0 Å². The number of nitrogens with zero attached hydrogens (tertiary/aromatic N) is 1. The number of hydrogen-bond donors (Lipinski definition) is 1. The highest BCUT2D eigenvalue weighted by molar-refractivity contribution is 5.67. The van der Waals surface area contributed by atoms with Gasteiger partial charge in [-0.15, -0.1) is 0 Å². The molecule has 0 aromatic carbocycles. The Labute approximate surface area is 82.7 Å². The second-order valence-corrected chi connectivity index (χ2v) is 3.58. The third-order valence-electron chi connectivity index (χ3n) is 2.53. The number of aromatic nitrogens is 1. The minimum Gasteiger partial charge on any atom is -0.395 e. The van der Waals surface area contributed by atoms with Gasteiger partial charge in [0.15, 0.2) is 0 Å². The van der Waals surface area contributed by atoms with Crippen molar-refractivity contribution in [3.63, 3.8) is 0 Å². The molecule has 2 N–H and O–H groups in total. The average Bonchev–Trinajstić information content (AvgIpc) is 2.23. The summed E-state index contributed by atoms with van der Waals surface area (Å²) in [6, 6.07) is 1.67. The van der Waals surface area contributed by atoms with E-state index in [1.807, 2.05) is 0 Å². The van der Waals surface area contributed by atoms with E-state index in [4.69, 9.17) is 5.73 Å². The van der Waals surface area contributed by atoms with E-state index in [1.54, 1.807) is 12.3 Å². The Morgan fingerprint density at radius 1 is 1.36 bits per heavy atom. The summed E-state index contributed by atoms with van der Waals surface area (Å²) in [6.45, 7) is 0. The van der Waals surface area contributed by atoms with Gasteiger partial charge >= 0.3 is 0 Å². The van der Waals surface area contributed by atoms with Crippen molar-refractivity contribution in [3.05, 3.63) is 29.9 Å². The van der Waals surface area contributed by atoms with E-state index in [0.29, 0.717) is 0 Å². The smallest absolute Gasteiger partial charge is 0.236 e. The van der Waals surface area contributed by atoms with Gasteiger partial charge in [-0.25, -0.2) is 4.98 Å². The van der Waals surface area contributed by atoms with Crippen LogP contribution >= 0.6 is 0 Å². The van der Waals surface area contributed by atoms with E-state index < -0.39 is 5.95 Å². The molecule has 0 radical (unpaired) electrons. The van der Waals surface area contributed by atoms with Crippen LogP contribution in [0.1, 0.15) is 31.2 Å². The van der Waals surface area contributed by atoms with Gasteiger partial charge in [-0.05, 0) is 42.9 Å². The summed E-state index contributed by atoms with van der Waals surface area (Å²) in [5.41, 5.74) is 7.80. The number of allylic oxidation sites excluding steroid dienone is 2. The Morgan fingerprint density at radius 2 is 2.21 bits per heavy atom. The third-order valence-corrected chi connectivity index (χ3v) is 2.53. The fraction of sp³-hybridized carbons (Fsp3) is 0.364. The van der Waals surface area contributed by atoms with Crippen LogP contribution in [-0.2, 0) is 0 Å². The zero-order chi connectivity index (χ0) is 9.97. The number of nitrogens with two attached hydrogens (primary N) is 1. The fourth-order valence-electron chi connectivity index (χ4n) is 1.74. The lowest BCUT2D eigenvalue weighted by atomic mass is 9.95. The molecule has 2 nitrogen and oxygen atoms in total. The van der Waals surface area contributed by atoms with Crippen LogP contribution < -0.4 is 5.73 Å². The zero-order valence-corrected chi connectivity index (χ0v) is 7.96. The highest BCUT2D eigenvalue weighted by Crippen LogP contribution is 2.27. The first-order valence-corrected chi connectivity index (χ1v) is 4.88. The van der Waals surface area contributed by atoms with Crippen molar-refractivity contribution >= 4 is 11.3 Å². The van der Waals surface area contributed by atoms with Crippen molar-refractivity contribution < 1.29 is 4.39 Å². The van der Waals surface area contributed by atoms with Crippen LogP contribution in [0, 0.1) is 5.95 Å². The molecule has 1 heterocycles. The van der Waals surface area contributed by atoms with Crippen LogP contribution in [0.3, 0.4) is 0 Å². The summed E-state index contributed by atoms with van der Waals surface area (Å²) in [5.74, 6) is -0.579. The van der Waals surface area contributed by atoms with E-state index in [9.17, 15) is 4.39 Å². The fourth-order valence-corrected chi connectivity index (χ4v) is 1.74. The number of hydrogen-bond acceptors (Lipinski definition) is 2. The van der Waals surface area contributed by atoms with Crippen LogP contribution in [0.4, 0.5) is 10.1 Å². The highest BCUT2D eigenvalue weighted by atomic mass is 19.1. The topological polar surface area (TPSA) is 38.9 Å². The first-order chi connectivity index (χ1) is 6.77. The van der Waals surface area contributed by atoms with Crippen LogP contribution in [0.2, 0.25) is 0 Å². The highest BCUT2D eigenvalue weighted by Gasteiger charge is 2.08. The zero-order valence-electron chi connectivity index (χ0n) is 7.96. The molecule has 0 amide bonds. The van der Waals surface area contributed by atoms with Gasteiger partial charge in [-0.1, -0.05) is 6.08 Å². The van der Waals surface area contributed by atoms with Gasteiger partial charge < -0.3 is 5.73 Å². The molecule has 3 heteroatoms. The maximum atomic E-state index is 12.8. The van der Waals surface area contributed by atoms with E-state index in [-0.39, 0.29) is 5.69 Å². The number of nitrogen functional groups attached to an aromatic ring is 1. The first kappa shape index (κ1) is 9.19. The lowest BCUT2D eigenvalue weighted by Crippen LogP contribution is -1.98. The SMILES string of the molecule is Nc1cc(C2=CCCCC2)cnc1F. The first-order valence-electron chi connectivity index (χ1n) is 4.88. The van der Waals surface area contributed by atoms with E-state index >= 15 is 0 Å². The molecule has 14 heavy (non-hydrogen) atoms. The van der Waals surface area contributed by atoms with Crippen molar-refractivity contribution in [3.8, 4) is 0 Å². The molecular formula is C11H13FN2. The van der Waals surface area contributed by atoms with Gasteiger partial charge in [0.2, 0.25) is 5.95 Å². The van der Waals surface area contributed by atoms with Crippen LogP contribution in [0.25, 0.3) is 5.57 Å². The molecule has 1 aliphatic rings. The van der Waals surface area contributed by atoms with Gasteiger partial charge in [0.1, 0.15) is 0 Å². The normalized spacial score (nSPS) is 16.5. The number of pyridine rings is 1. The number of anilines is 1. The lowest BCUT2D eigenvalue weighted by molar-refractivity contribution is 0.588. The molecule has 0 atom stereocenters. The largest absolute Gasteiger partial charge is 0.395 e. The Bertz CT molecular complexity index is 372. The van der Waals surface area contributed by atoms with Gasteiger partial charge in [-0.2, -0.15) is 4.39 Å². The van der Waals surface area contributed by atoms with Crippen molar-refractivity contribution in [2.75, 3.05) is 5.73 Å². The Hall–Kier alpha value is -1.38. The Morgan fingerprint density at radius 3 is 2.86 bits per heavy atom. The molecule has 0 saturated heterocycles. The molecule has 1 aromatic heterocycles. The number of rotatable bonds is 1. The van der Waals surface area contributed by atoms with Gasteiger partial charge in [-0.3, -0.25) is 0 Å². The number of halogens is 1. The molecule has 0 unspecified atom stereocenters. The van der Waals surface area contributed by atoms with Crippen molar-refractivity contribution in [1.82, 2.24) is 4.98 Å². The molecule has 2 rings (SSSR count). The van der Waals surface area contributed by atoms with Gasteiger partial charge in [0.25, 0.3) is 0 Å². The summed E-state index contributed by atoms with van der Waals surface area (Å²) in [5, 5.41) is 0. The third kappa shape index (κ3) is 1.76. The predicted molar refractivity (Wildman–Crippen MR) is 55.1 cm³/mol. The minimum atomic E-state index is -0.579. The van der Waals surface area contributed by atoms with Gasteiger partial charge in [0.05, 0.1) is 5.69 Å². The standard InChI is InChI=1S/C11H13FN2/c12-11-10(13)6-9(7-14-11)8-4-2-1-3-5-8/h4,6-7H,1-3,5,13H2. The Kier molecular flexibility index (Phi) is 2.48. The van der Waals surface area contributed by atoms with Crippen LogP contribution in [0.15, 0.2) is 18.3 Å². The summed E-state index contributed by atoms with van der Waals surface area (Å²) in [6.07, 6.45) is 8.34. The molecule has 0 fully saturated rings. The predicted octanol–water partition coefficient (Wildman–Crippen LogP) is 2.76. The van der Waals surface area contributed by atoms with Crippen molar-refractivity contribution in [2.24, 2.45) is 0 Å². The second-order valence-electron chi connectivity index (χ2n) is 3.58.